The minimum absolute atomic E-state index is 0.0558. The van der Waals surface area contributed by atoms with Crippen LogP contribution in [-0.2, 0) is 16.1 Å². The number of benzene rings is 1. The summed E-state index contributed by atoms with van der Waals surface area (Å²) in [6.45, 7) is 5.30. The number of pyridine rings is 1. The summed E-state index contributed by atoms with van der Waals surface area (Å²) in [5.74, 6) is -0.338. The largest absolute Gasteiger partial charge is 0.356 e. The van der Waals surface area contributed by atoms with Crippen molar-refractivity contribution in [3.8, 4) is 0 Å². The Morgan fingerprint density at radius 1 is 1.06 bits per heavy atom. The Morgan fingerprint density at radius 3 is 2.71 bits per heavy atom. The molecule has 7 heteroatoms. The molecule has 1 aromatic carbocycles. The molecule has 0 radical (unpaired) electrons. The summed E-state index contributed by atoms with van der Waals surface area (Å²) < 4.78 is 1.39. The van der Waals surface area contributed by atoms with Gasteiger partial charge in [-0.1, -0.05) is 31.5 Å². The molecule has 1 saturated heterocycles. The number of aromatic nitrogens is 1. The van der Waals surface area contributed by atoms with Gasteiger partial charge in [0.2, 0.25) is 11.8 Å². The highest BCUT2D eigenvalue weighted by atomic mass is 16.2. The summed E-state index contributed by atoms with van der Waals surface area (Å²) in [6, 6.07) is 9.82. The van der Waals surface area contributed by atoms with Gasteiger partial charge in [0, 0.05) is 43.7 Å². The van der Waals surface area contributed by atoms with Crippen molar-refractivity contribution in [2.24, 2.45) is 0 Å². The van der Waals surface area contributed by atoms with Crippen molar-refractivity contribution in [1.29, 1.82) is 0 Å². The number of hydrogen-bond donors (Lipinski definition) is 2. The molecular weight excluding hydrogens is 392 g/mol. The molecular formula is C24H34N4O3. The van der Waals surface area contributed by atoms with Crippen molar-refractivity contribution in [3.05, 3.63) is 46.9 Å². The van der Waals surface area contributed by atoms with E-state index in [1.54, 1.807) is 18.3 Å². The van der Waals surface area contributed by atoms with E-state index in [1.807, 2.05) is 18.2 Å². The Morgan fingerprint density at radius 2 is 1.87 bits per heavy atom. The fourth-order valence-corrected chi connectivity index (χ4v) is 4.30. The zero-order valence-electron chi connectivity index (χ0n) is 18.4. The molecule has 1 aromatic heterocycles. The quantitative estimate of drug-likeness (QED) is 0.571. The Bertz CT molecular complexity index is 940. The first-order chi connectivity index (χ1) is 15.1. The smallest absolute Gasteiger partial charge is 0.258 e. The number of amides is 2. The molecule has 0 bridgehead atoms. The third kappa shape index (κ3) is 6.66. The number of hydrogen-bond acceptors (Lipinski definition) is 4. The van der Waals surface area contributed by atoms with Crippen molar-refractivity contribution < 1.29 is 9.59 Å². The van der Waals surface area contributed by atoms with Gasteiger partial charge in [-0.25, -0.2) is 0 Å². The van der Waals surface area contributed by atoms with E-state index >= 15 is 0 Å². The van der Waals surface area contributed by atoms with E-state index in [0.29, 0.717) is 18.0 Å². The molecule has 0 aliphatic carbocycles. The topological polar surface area (TPSA) is 83.4 Å². The standard InChI is InChI=1S/C24H34N4O3/c1-2-20-9-5-6-15-27(20)16-7-13-25-22(29)11-14-26-23(30)18-28-17-12-19-8-3-4-10-21(19)24(28)31/h3-4,8,10,12,17,20H,2,5-7,9,11,13-16,18H2,1H3,(H,25,29)(H,26,30). The summed E-state index contributed by atoms with van der Waals surface area (Å²) in [7, 11) is 0. The zero-order chi connectivity index (χ0) is 22.1. The van der Waals surface area contributed by atoms with Gasteiger partial charge in [0.1, 0.15) is 6.54 Å². The van der Waals surface area contributed by atoms with Crippen LogP contribution in [0.1, 0.15) is 45.4 Å². The monoisotopic (exact) mass is 426 g/mol. The predicted molar refractivity (Wildman–Crippen MR) is 123 cm³/mol. The van der Waals surface area contributed by atoms with Crippen LogP contribution in [0.3, 0.4) is 0 Å². The van der Waals surface area contributed by atoms with Crippen LogP contribution >= 0.6 is 0 Å². The molecule has 2 amide bonds. The summed E-state index contributed by atoms with van der Waals surface area (Å²) in [4.78, 5) is 39.2. The summed E-state index contributed by atoms with van der Waals surface area (Å²) in [5.41, 5.74) is -0.190. The number of carbonyl (C=O) groups is 2. The number of nitrogens with zero attached hydrogens (tertiary/aromatic N) is 2. The Labute approximate surface area is 183 Å². The van der Waals surface area contributed by atoms with Crippen LogP contribution in [0.15, 0.2) is 41.3 Å². The highest BCUT2D eigenvalue weighted by Crippen LogP contribution is 2.19. The first kappa shape index (κ1) is 23.0. The third-order valence-corrected chi connectivity index (χ3v) is 6.04. The lowest BCUT2D eigenvalue weighted by Gasteiger charge is -2.35. The lowest BCUT2D eigenvalue weighted by molar-refractivity contribution is -0.122. The summed E-state index contributed by atoms with van der Waals surface area (Å²) in [6.07, 6.45) is 7.88. The molecule has 2 aromatic rings. The second kappa shape index (κ2) is 11.6. The van der Waals surface area contributed by atoms with Gasteiger partial charge in [0.25, 0.3) is 5.56 Å². The number of likely N-dealkylation sites (tertiary alicyclic amines) is 1. The van der Waals surface area contributed by atoms with E-state index in [-0.39, 0.29) is 36.9 Å². The van der Waals surface area contributed by atoms with Crippen LogP contribution in [0.5, 0.6) is 0 Å². The molecule has 0 spiro atoms. The minimum atomic E-state index is -0.277. The van der Waals surface area contributed by atoms with Crippen LogP contribution < -0.4 is 16.2 Å². The maximum atomic E-state index is 12.5. The molecule has 2 heterocycles. The number of fused-ring (bicyclic) bond motifs is 1. The highest BCUT2D eigenvalue weighted by Gasteiger charge is 2.19. The van der Waals surface area contributed by atoms with Crippen LogP contribution in [0.2, 0.25) is 0 Å². The van der Waals surface area contributed by atoms with Crippen molar-refractivity contribution in [1.82, 2.24) is 20.1 Å². The van der Waals surface area contributed by atoms with E-state index in [0.717, 1.165) is 18.4 Å². The lowest BCUT2D eigenvalue weighted by Crippen LogP contribution is -2.40. The summed E-state index contributed by atoms with van der Waals surface area (Å²) in [5, 5.41) is 7.10. The van der Waals surface area contributed by atoms with Crippen molar-refractivity contribution >= 4 is 22.6 Å². The Balaban J connectivity index is 1.32. The second-order valence-corrected chi connectivity index (χ2v) is 8.23. The van der Waals surface area contributed by atoms with Gasteiger partial charge in [-0.3, -0.25) is 14.4 Å². The first-order valence-corrected chi connectivity index (χ1v) is 11.4. The summed E-state index contributed by atoms with van der Waals surface area (Å²) >= 11 is 0. The van der Waals surface area contributed by atoms with Crippen LogP contribution in [0, 0.1) is 0 Å². The molecule has 0 saturated carbocycles. The Kier molecular flexibility index (Phi) is 8.64. The van der Waals surface area contributed by atoms with E-state index in [4.69, 9.17) is 0 Å². The van der Waals surface area contributed by atoms with Gasteiger partial charge < -0.3 is 20.1 Å². The van der Waals surface area contributed by atoms with Gasteiger partial charge in [-0.05, 0) is 49.7 Å². The molecule has 1 fully saturated rings. The van der Waals surface area contributed by atoms with Gasteiger partial charge in [0.15, 0.2) is 0 Å². The van der Waals surface area contributed by atoms with Gasteiger partial charge in [0.05, 0.1) is 0 Å². The van der Waals surface area contributed by atoms with E-state index < -0.39 is 0 Å². The Hall–Kier alpha value is -2.67. The van der Waals surface area contributed by atoms with Crippen LogP contribution in [-0.4, -0.2) is 53.5 Å². The minimum Gasteiger partial charge on any atom is -0.356 e. The third-order valence-electron chi connectivity index (χ3n) is 6.04. The fraction of sp³-hybridized carbons (Fsp3) is 0.542. The van der Waals surface area contributed by atoms with Gasteiger partial charge in [-0.2, -0.15) is 0 Å². The molecule has 1 atom stereocenters. The average molecular weight is 427 g/mol. The first-order valence-electron chi connectivity index (χ1n) is 11.4. The normalized spacial score (nSPS) is 16.9. The number of rotatable bonds is 10. The maximum absolute atomic E-state index is 12.5. The molecule has 7 nitrogen and oxygen atoms in total. The zero-order valence-corrected chi connectivity index (χ0v) is 18.4. The van der Waals surface area contributed by atoms with E-state index in [2.05, 4.69) is 22.5 Å². The average Bonchev–Trinajstić information content (AvgIpc) is 2.79. The van der Waals surface area contributed by atoms with E-state index in [9.17, 15) is 14.4 Å². The van der Waals surface area contributed by atoms with Crippen molar-refractivity contribution in [3.63, 3.8) is 0 Å². The van der Waals surface area contributed by atoms with Crippen LogP contribution in [0.4, 0.5) is 0 Å². The molecule has 1 unspecified atom stereocenters. The van der Waals surface area contributed by atoms with Gasteiger partial charge >= 0.3 is 0 Å². The molecule has 31 heavy (non-hydrogen) atoms. The second-order valence-electron chi connectivity index (χ2n) is 8.23. The molecule has 1 aliphatic heterocycles. The molecule has 2 N–H and O–H groups in total. The number of nitrogens with one attached hydrogen (secondary N) is 2. The molecule has 1 aliphatic rings. The van der Waals surface area contributed by atoms with E-state index in [1.165, 1.54) is 36.8 Å². The fourth-order valence-electron chi connectivity index (χ4n) is 4.30. The molecule has 3 rings (SSSR count). The van der Waals surface area contributed by atoms with Gasteiger partial charge in [-0.15, -0.1) is 0 Å². The number of carbonyl (C=O) groups excluding carboxylic acids is 2. The maximum Gasteiger partial charge on any atom is 0.258 e. The van der Waals surface area contributed by atoms with Crippen molar-refractivity contribution in [2.75, 3.05) is 26.2 Å². The lowest BCUT2D eigenvalue weighted by atomic mass is 10.00. The molecule has 168 valence electrons. The number of piperidine rings is 1. The predicted octanol–water partition coefficient (Wildman–Crippen LogP) is 2.28. The highest BCUT2D eigenvalue weighted by molar-refractivity contribution is 5.82. The SMILES string of the molecule is CCC1CCCCN1CCCNC(=O)CCNC(=O)Cn1ccc2ccccc2c1=O. The van der Waals surface area contributed by atoms with Crippen molar-refractivity contribution in [2.45, 2.75) is 58.0 Å². The van der Waals surface area contributed by atoms with Crippen LogP contribution in [0.25, 0.3) is 10.8 Å².